The number of hydrogen-bond acceptors (Lipinski definition) is 5. The number of ether oxygens (including phenoxy) is 1. The highest BCUT2D eigenvalue weighted by Crippen LogP contribution is 2.57. The first kappa shape index (κ1) is 25.6. The number of carboxylic acids is 1. The van der Waals surface area contributed by atoms with Crippen molar-refractivity contribution in [2.24, 2.45) is 0 Å². The largest absolute Gasteiger partial charge is 0.534 e. The Balaban J connectivity index is 1.22. The molecular weight excluding hydrogens is 511 g/mol. The summed E-state index contributed by atoms with van der Waals surface area (Å²) >= 11 is 0. The number of benzene rings is 2. The van der Waals surface area contributed by atoms with E-state index in [0.717, 1.165) is 46.9 Å². The molecule has 11 heteroatoms. The number of hydrogen-bond donors (Lipinski definition) is 2. The minimum Gasteiger partial charge on any atom is -0.477 e. The smallest absolute Gasteiger partial charge is 0.477 e. The number of halogens is 3. The monoisotopic (exact) mass is 537 g/mol. The second kappa shape index (κ2) is 9.68. The Labute approximate surface area is 211 Å². The maximum absolute atomic E-state index is 12.9. The molecule has 3 aromatic rings. The van der Waals surface area contributed by atoms with Gasteiger partial charge < -0.3 is 19.0 Å². The lowest BCUT2D eigenvalue weighted by atomic mass is 9.86. The summed E-state index contributed by atoms with van der Waals surface area (Å²) in [5.74, 6) is -1.05. The van der Waals surface area contributed by atoms with Gasteiger partial charge in [0.05, 0.1) is 6.61 Å². The molecule has 0 aliphatic heterocycles. The van der Waals surface area contributed by atoms with Crippen LogP contribution in [0.4, 0.5) is 13.2 Å². The van der Waals surface area contributed by atoms with Crippen LogP contribution < -0.4 is 4.18 Å². The molecule has 0 spiro atoms. The fraction of sp³-hybridized carbons (Fsp3) is 0.423. The summed E-state index contributed by atoms with van der Waals surface area (Å²) in [6.07, 6.45) is 4.18. The second-order valence-electron chi connectivity index (χ2n) is 9.54. The van der Waals surface area contributed by atoms with E-state index in [1.54, 1.807) is 6.07 Å². The van der Waals surface area contributed by atoms with Gasteiger partial charge in [0.15, 0.2) is 0 Å². The molecule has 198 valence electrons. The van der Waals surface area contributed by atoms with Gasteiger partial charge in [-0.2, -0.15) is 21.6 Å². The summed E-state index contributed by atoms with van der Waals surface area (Å²) in [4.78, 5) is 14.6. The van der Waals surface area contributed by atoms with Crippen LogP contribution in [0.1, 0.15) is 70.3 Å². The Hall–Kier alpha value is -3.05. The number of carboxylic acid groups (broad SMARTS) is 1. The normalized spacial score (nSPS) is 18.9. The number of carbonyl (C=O) groups is 1. The molecule has 2 aliphatic carbocycles. The molecule has 0 radical (unpaired) electrons. The quantitative estimate of drug-likeness (QED) is 0.197. The Kier molecular flexibility index (Phi) is 6.70. The Morgan fingerprint density at radius 1 is 1.03 bits per heavy atom. The van der Waals surface area contributed by atoms with Gasteiger partial charge in [0.25, 0.3) is 0 Å². The van der Waals surface area contributed by atoms with E-state index in [9.17, 15) is 31.5 Å². The molecule has 0 saturated heterocycles. The second-order valence-corrected chi connectivity index (χ2v) is 11.1. The molecule has 2 aliphatic rings. The highest BCUT2D eigenvalue weighted by atomic mass is 32.2. The lowest BCUT2D eigenvalue weighted by Crippen LogP contribution is -2.28. The van der Waals surface area contributed by atoms with E-state index < -0.39 is 21.6 Å². The molecule has 2 unspecified atom stereocenters. The van der Waals surface area contributed by atoms with E-state index in [4.69, 9.17) is 4.74 Å². The summed E-state index contributed by atoms with van der Waals surface area (Å²) in [5, 5.41) is 10.4. The Morgan fingerprint density at radius 3 is 2.49 bits per heavy atom. The third kappa shape index (κ3) is 4.82. The number of aromatic amines is 1. The van der Waals surface area contributed by atoms with Crippen LogP contribution in [0.15, 0.2) is 36.4 Å². The SMILES string of the molecule is O=C(O)c1[nH]c2ccccc2c1CCCOCCc1ccc(OS(=O)(=O)C(F)(F)F)c2c1C1CCC2C1. The van der Waals surface area contributed by atoms with E-state index in [2.05, 4.69) is 9.17 Å². The molecule has 2 N–H and O–H groups in total. The van der Waals surface area contributed by atoms with Gasteiger partial charge in [-0.05, 0) is 79.2 Å². The molecule has 2 aromatic carbocycles. The average molecular weight is 538 g/mol. The van der Waals surface area contributed by atoms with Crippen molar-refractivity contribution < 1.29 is 40.4 Å². The molecule has 2 atom stereocenters. The molecule has 1 aromatic heterocycles. The van der Waals surface area contributed by atoms with Crippen molar-refractivity contribution in [3.8, 4) is 5.75 Å². The van der Waals surface area contributed by atoms with Crippen molar-refractivity contribution in [3.05, 3.63) is 64.3 Å². The first-order chi connectivity index (χ1) is 17.6. The number of H-pyrrole nitrogens is 1. The van der Waals surface area contributed by atoms with Crippen LogP contribution in [0.25, 0.3) is 10.9 Å². The van der Waals surface area contributed by atoms with Crippen molar-refractivity contribution in [3.63, 3.8) is 0 Å². The fourth-order valence-corrected chi connectivity index (χ4v) is 6.28. The predicted molar refractivity (Wildman–Crippen MR) is 129 cm³/mol. The first-order valence-electron chi connectivity index (χ1n) is 12.1. The van der Waals surface area contributed by atoms with Crippen molar-refractivity contribution in [2.45, 2.75) is 55.9 Å². The lowest BCUT2D eigenvalue weighted by Gasteiger charge is -2.22. The summed E-state index contributed by atoms with van der Waals surface area (Å²) in [6.45, 7) is 0.794. The summed E-state index contributed by atoms with van der Waals surface area (Å²) < 4.78 is 72.2. The van der Waals surface area contributed by atoms with E-state index in [-0.39, 0.29) is 23.3 Å². The van der Waals surface area contributed by atoms with Crippen LogP contribution in [0, 0.1) is 0 Å². The van der Waals surface area contributed by atoms with Crippen molar-refractivity contribution in [1.82, 2.24) is 4.98 Å². The average Bonchev–Trinajstić information content (AvgIpc) is 3.55. The molecule has 1 heterocycles. The van der Waals surface area contributed by atoms with Crippen LogP contribution >= 0.6 is 0 Å². The van der Waals surface area contributed by atoms with Crippen LogP contribution in [0.3, 0.4) is 0 Å². The number of aromatic carboxylic acids is 1. The van der Waals surface area contributed by atoms with E-state index >= 15 is 0 Å². The maximum atomic E-state index is 12.9. The van der Waals surface area contributed by atoms with Crippen molar-refractivity contribution in [1.29, 1.82) is 0 Å². The topological polar surface area (TPSA) is 106 Å². The van der Waals surface area contributed by atoms with Crippen molar-refractivity contribution in [2.75, 3.05) is 13.2 Å². The zero-order valence-corrected chi connectivity index (χ0v) is 20.6. The lowest BCUT2D eigenvalue weighted by molar-refractivity contribution is -0.0500. The van der Waals surface area contributed by atoms with Gasteiger partial charge >= 0.3 is 21.6 Å². The summed E-state index contributed by atoms with van der Waals surface area (Å²) in [5.41, 5.74) is -1.37. The third-order valence-electron chi connectivity index (χ3n) is 7.33. The van der Waals surface area contributed by atoms with Crippen LogP contribution in [0.5, 0.6) is 5.75 Å². The van der Waals surface area contributed by atoms with Gasteiger partial charge in [-0.25, -0.2) is 4.79 Å². The van der Waals surface area contributed by atoms with E-state index in [1.807, 2.05) is 24.3 Å². The Morgan fingerprint density at radius 2 is 1.76 bits per heavy atom. The van der Waals surface area contributed by atoms with Gasteiger partial charge in [0, 0.05) is 23.1 Å². The molecular formula is C26H26F3NO6S. The zero-order valence-electron chi connectivity index (χ0n) is 19.8. The van der Waals surface area contributed by atoms with E-state index in [1.165, 1.54) is 6.07 Å². The number of alkyl halides is 3. The Bertz CT molecular complexity index is 1450. The van der Waals surface area contributed by atoms with Gasteiger partial charge in [-0.1, -0.05) is 24.3 Å². The molecule has 0 amide bonds. The zero-order chi connectivity index (χ0) is 26.4. The number of aromatic nitrogens is 1. The summed E-state index contributed by atoms with van der Waals surface area (Å²) in [6, 6.07) is 10.4. The number of aryl methyl sites for hydroxylation is 1. The van der Waals surface area contributed by atoms with E-state index in [0.29, 0.717) is 38.0 Å². The molecule has 37 heavy (non-hydrogen) atoms. The number of para-hydroxylation sites is 1. The van der Waals surface area contributed by atoms with Gasteiger partial charge in [-0.15, -0.1) is 0 Å². The standard InChI is InChI=1S/C26H26F3NO6S/c27-26(28,29)37(33,34)36-21-10-9-15(22-16-7-8-17(14-16)23(21)22)11-13-35-12-3-5-19-18-4-1-2-6-20(18)30-24(19)25(31)32/h1-2,4,6,9-10,16-17,30H,3,5,7-8,11-14H2,(H,31,32). The van der Waals surface area contributed by atoms with Crippen LogP contribution in [-0.2, 0) is 27.7 Å². The van der Waals surface area contributed by atoms with Crippen LogP contribution in [-0.4, -0.2) is 43.2 Å². The number of fused-ring (bicyclic) bond motifs is 6. The molecule has 7 nitrogen and oxygen atoms in total. The summed E-state index contributed by atoms with van der Waals surface area (Å²) in [7, 11) is -5.73. The number of rotatable bonds is 10. The van der Waals surface area contributed by atoms with Gasteiger partial charge in [-0.3, -0.25) is 0 Å². The minimum absolute atomic E-state index is 0.00101. The van der Waals surface area contributed by atoms with Gasteiger partial charge in [0.1, 0.15) is 11.4 Å². The number of nitrogens with one attached hydrogen (secondary N) is 1. The van der Waals surface area contributed by atoms with Crippen molar-refractivity contribution >= 4 is 27.0 Å². The molecule has 1 saturated carbocycles. The third-order valence-corrected chi connectivity index (χ3v) is 8.29. The highest BCUT2D eigenvalue weighted by Gasteiger charge is 2.50. The molecule has 1 fully saturated rings. The maximum Gasteiger partial charge on any atom is 0.534 e. The fourth-order valence-electron chi connectivity index (χ4n) is 5.80. The molecule has 2 bridgehead atoms. The molecule has 5 rings (SSSR count). The minimum atomic E-state index is -5.73. The van der Waals surface area contributed by atoms with Gasteiger partial charge in [0.2, 0.25) is 0 Å². The highest BCUT2D eigenvalue weighted by molar-refractivity contribution is 7.88. The predicted octanol–water partition coefficient (Wildman–Crippen LogP) is 5.65. The first-order valence-corrected chi connectivity index (χ1v) is 13.5. The van der Waals surface area contributed by atoms with Crippen LogP contribution in [0.2, 0.25) is 0 Å².